The van der Waals surface area contributed by atoms with Gasteiger partial charge >= 0.3 is 0 Å². The van der Waals surface area contributed by atoms with Crippen molar-refractivity contribution in [3.05, 3.63) is 57.0 Å². The van der Waals surface area contributed by atoms with E-state index in [0.717, 1.165) is 10.9 Å². The molecule has 0 radical (unpaired) electrons. The summed E-state index contributed by atoms with van der Waals surface area (Å²) in [6.45, 7) is 0.422. The van der Waals surface area contributed by atoms with Crippen molar-refractivity contribution in [2.75, 3.05) is 18.8 Å². The van der Waals surface area contributed by atoms with E-state index in [0.29, 0.717) is 13.0 Å². The Morgan fingerprint density at radius 3 is 2.75 bits per heavy atom. The normalized spacial score (nSPS) is 20.6. The summed E-state index contributed by atoms with van der Waals surface area (Å²) in [5, 5.41) is 1.29. The summed E-state index contributed by atoms with van der Waals surface area (Å²) >= 11 is 7.35. The highest BCUT2D eigenvalue weighted by molar-refractivity contribution is 7.91. The molecule has 1 atom stereocenters. The highest BCUT2D eigenvalue weighted by Crippen LogP contribution is 2.33. The van der Waals surface area contributed by atoms with Gasteiger partial charge in [-0.15, -0.1) is 11.3 Å². The molecule has 1 saturated heterocycles. The molecule has 4 nitrogen and oxygen atoms in total. The molecule has 1 aromatic heterocycles. The van der Waals surface area contributed by atoms with Crippen LogP contribution in [0.3, 0.4) is 0 Å². The van der Waals surface area contributed by atoms with E-state index in [1.165, 1.54) is 28.4 Å². The number of halogens is 2. The first-order chi connectivity index (χ1) is 11.4. The van der Waals surface area contributed by atoms with Gasteiger partial charge in [-0.1, -0.05) is 17.7 Å². The maximum atomic E-state index is 13.1. The van der Waals surface area contributed by atoms with Gasteiger partial charge in [-0.3, -0.25) is 4.79 Å². The standard InChI is InChI=1S/C16H15ClFNO3S2/c17-13-10-11(18)3-4-12(13)16(20)19-6-5-15(14-2-1-8-23-14)24(21,22)9-7-19/h1-4,8,10,15H,5-7,9H2. The molecule has 0 N–H and O–H groups in total. The predicted octanol–water partition coefficient (Wildman–Crippen LogP) is 3.54. The summed E-state index contributed by atoms with van der Waals surface area (Å²) in [4.78, 5) is 14.9. The van der Waals surface area contributed by atoms with Gasteiger partial charge < -0.3 is 4.90 Å². The highest BCUT2D eigenvalue weighted by atomic mass is 35.5. The van der Waals surface area contributed by atoms with Gasteiger partial charge in [-0.2, -0.15) is 0 Å². The number of amides is 1. The Hall–Kier alpha value is -1.44. The first-order valence-electron chi connectivity index (χ1n) is 7.38. The van der Waals surface area contributed by atoms with Gasteiger partial charge in [0.1, 0.15) is 5.82 Å². The van der Waals surface area contributed by atoms with Crippen LogP contribution in [-0.4, -0.2) is 38.1 Å². The first kappa shape index (κ1) is 17.4. The van der Waals surface area contributed by atoms with Gasteiger partial charge in [0.25, 0.3) is 5.91 Å². The molecule has 1 aromatic carbocycles. The number of carbonyl (C=O) groups is 1. The van der Waals surface area contributed by atoms with E-state index in [9.17, 15) is 17.6 Å². The third-order valence-electron chi connectivity index (χ3n) is 4.05. The molecule has 2 heterocycles. The quantitative estimate of drug-likeness (QED) is 0.791. The number of nitrogens with zero attached hydrogens (tertiary/aromatic N) is 1. The van der Waals surface area contributed by atoms with Crippen LogP contribution in [0.25, 0.3) is 0 Å². The van der Waals surface area contributed by atoms with Crippen LogP contribution in [0.1, 0.15) is 26.9 Å². The third kappa shape index (κ3) is 3.48. The lowest BCUT2D eigenvalue weighted by atomic mass is 10.1. The van der Waals surface area contributed by atoms with Gasteiger partial charge in [0.05, 0.1) is 21.6 Å². The van der Waals surface area contributed by atoms with E-state index < -0.39 is 20.9 Å². The summed E-state index contributed by atoms with van der Waals surface area (Å²) in [6, 6.07) is 7.21. The van der Waals surface area contributed by atoms with Crippen molar-refractivity contribution in [3.8, 4) is 0 Å². The Bertz CT molecular complexity index is 852. The van der Waals surface area contributed by atoms with Crippen LogP contribution < -0.4 is 0 Å². The number of benzene rings is 1. The smallest absolute Gasteiger partial charge is 0.255 e. The Morgan fingerprint density at radius 1 is 1.29 bits per heavy atom. The highest BCUT2D eigenvalue weighted by Gasteiger charge is 2.33. The molecule has 0 spiro atoms. The van der Waals surface area contributed by atoms with E-state index in [1.54, 1.807) is 6.07 Å². The van der Waals surface area contributed by atoms with Crippen LogP contribution in [-0.2, 0) is 9.84 Å². The largest absolute Gasteiger partial charge is 0.338 e. The third-order valence-corrected chi connectivity index (χ3v) is 7.61. The molecule has 0 saturated carbocycles. The van der Waals surface area contributed by atoms with E-state index in [2.05, 4.69) is 0 Å². The minimum Gasteiger partial charge on any atom is -0.338 e. The van der Waals surface area contributed by atoms with Gasteiger partial charge in [-0.25, -0.2) is 12.8 Å². The molecule has 128 valence electrons. The summed E-state index contributed by atoms with van der Waals surface area (Å²) < 4.78 is 38.2. The second-order valence-corrected chi connectivity index (χ2v) is 9.27. The molecule has 24 heavy (non-hydrogen) atoms. The van der Waals surface area contributed by atoms with Crippen LogP contribution in [0, 0.1) is 5.82 Å². The van der Waals surface area contributed by atoms with Crippen LogP contribution in [0.2, 0.25) is 5.02 Å². The molecule has 1 aliphatic rings. The van der Waals surface area contributed by atoms with E-state index in [1.807, 2.05) is 11.4 Å². The predicted molar refractivity (Wildman–Crippen MR) is 92.8 cm³/mol. The van der Waals surface area contributed by atoms with Crippen LogP contribution >= 0.6 is 22.9 Å². The van der Waals surface area contributed by atoms with Crippen molar-refractivity contribution in [1.29, 1.82) is 0 Å². The lowest BCUT2D eigenvalue weighted by Gasteiger charge is -2.20. The zero-order chi connectivity index (χ0) is 17.3. The molecule has 8 heteroatoms. The number of hydrogen-bond donors (Lipinski definition) is 0. The number of sulfone groups is 1. The summed E-state index contributed by atoms with van der Waals surface area (Å²) in [6.07, 6.45) is 0.341. The molecule has 0 bridgehead atoms. The molecular weight excluding hydrogens is 373 g/mol. The number of carbonyl (C=O) groups excluding carboxylic acids is 1. The van der Waals surface area contributed by atoms with Gasteiger partial charge in [0, 0.05) is 18.0 Å². The van der Waals surface area contributed by atoms with E-state index >= 15 is 0 Å². The molecule has 1 amide bonds. The van der Waals surface area contributed by atoms with Crippen LogP contribution in [0.5, 0.6) is 0 Å². The van der Waals surface area contributed by atoms with Crippen molar-refractivity contribution in [2.45, 2.75) is 11.7 Å². The second-order valence-electron chi connectivity index (χ2n) is 5.58. The maximum Gasteiger partial charge on any atom is 0.255 e. The SMILES string of the molecule is O=C(c1ccc(F)cc1Cl)N1CCC(c2cccs2)S(=O)(=O)CC1. The van der Waals surface area contributed by atoms with Crippen molar-refractivity contribution >= 4 is 38.7 Å². The molecule has 3 rings (SSSR count). The van der Waals surface area contributed by atoms with E-state index in [4.69, 9.17) is 11.6 Å². The molecule has 1 aliphatic heterocycles. The summed E-state index contributed by atoms with van der Waals surface area (Å²) in [7, 11) is -3.32. The zero-order valence-corrected chi connectivity index (χ0v) is 15.0. The Morgan fingerprint density at radius 2 is 2.08 bits per heavy atom. The summed E-state index contributed by atoms with van der Waals surface area (Å²) in [5.74, 6) is -0.991. The fourth-order valence-corrected chi connectivity index (χ4v) is 6.03. The molecule has 0 aliphatic carbocycles. The second kappa shape index (κ2) is 6.82. The first-order valence-corrected chi connectivity index (χ1v) is 10.3. The van der Waals surface area contributed by atoms with Gasteiger partial charge in [-0.05, 0) is 36.1 Å². The maximum absolute atomic E-state index is 13.1. The van der Waals surface area contributed by atoms with Gasteiger partial charge in [0.2, 0.25) is 0 Å². The van der Waals surface area contributed by atoms with Crippen molar-refractivity contribution in [1.82, 2.24) is 4.90 Å². The number of rotatable bonds is 2. The molecule has 1 unspecified atom stereocenters. The van der Waals surface area contributed by atoms with Crippen molar-refractivity contribution < 1.29 is 17.6 Å². The van der Waals surface area contributed by atoms with E-state index in [-0.39, 0.29) is 28.8 Å². The van der Waals surface area contributed by atoms with Crippen LogP contribution in [0.4, 0.5) is 4.39 Å². The Labute approximate surface area is 148 Å². The fraction of sp³-hybridized carbons (Fsp3) is 0.312. The number of thiophene rings is 1. The van der Waals surface area contributed by atoms with Crippen molar-refractivity contribution in [3.63, 3.8) is 0 Å². The molecule has 2 aromatic rings. The van der Waals surface area contributed by atoms with Gasteiger partial charge in [0.15, 0.2) is 9.84 Å². The fourth-order valence-electron chi connectivity index (χ4n) is 2.77. The lowest BCUT2D eigenvalue weighted by Crippen LogP contribution is -2.33. The summed E-state index contributed by atoms with van der Waals surface area (Å²) in [5.41, 5.74) is 0.185. The van der Waals surface area contributed by atoms with Crippen molar-refractivity contribution in [2.24, 2.45) is 0 Å². The average molecular weight is 388 g/mol. The monoisotopic (exact) mass is 387 g/mol. The Kier molecular flexibility index (Phi) is 4.94. The zero-order valence-electron chi connectivity index (χ0n) is 12.6. The number of hydrogen-bond acceptors (Lipinski definition) is 4. The topological polar surface area (TPSA) is 54.5 Å². The average Bonchev–Trinajstić information content (AvgIpc) is 2.98. The van der Waals surface area contributed by atoms with Crippen LogP contribution in [0.15, 0.2) is 35.7 Å². The minimum absolute atomic E-state index is 0.0295. The molecular formula is C16H15ClFNO3S2. The Balaban J connectivity index is 1.83. The minimum atomic E-state index is -3.32. The molecule has 1 fully saturated rings. The lowest BCUT2D eigenvalue weighted by molar-refractivity contribution is 0.0767.